The third kappa shape index (κ3) is 3.32. The van der Waals surface area contributed by atoms with E-state index in [9.17, 15) is 4.79 Å². The summed E-state index contributed by atoms with van der Waals surface area (Å²) in [7, 11) is 0. The SMILES string of the molecule is C=C(C)C(=O)Oc1ccc(-c2cccc(C)c2)cc1. The number of ether oxygens (including phenoxy) is 1. The van der Waals surface area contributed by atoms with Crippen LogP contribution in [0, 0.1) is 6.92 Å². The molecule has 0 radical (unpaired) electrons. The second kappa shape index (κ2) is 5.53. The van der Waals surface area contributed by atoms with E-state index < -0.39 is 5.97 Å². The second-order valence-electron chi connectivity index (χ2n) is 4.56. The molecule has 2 aromatic carbocycles. The molecule has 0 spiro atoms. The molecule has 2 rings (SSSR count). The van der Waals surface area contributed by atoms with Crippen molar-refractivity contribution in [1.82, 2.24) is 0 Å². The van der Waals surface area contributed by atoms with Crippen LogP contribution in [0.25, 0.3) is 11.1 Å². The highest BCUT2D eigenvalue weighted by atomic mass is 16.5. The third-order valence-electron chi connectivity index (χ3n) is 2.76. The Hall–Kier alpha value is -2.35. The quantitative estimate of drug-likeness (QED) is 0.466. The van der Waals surface area contributed by atoms with E-state index in [0.717, 1.165) is 11.1 Å². The highest BCUT2D eigenvalue weighted by molar-refractivity contribution is 5.88. The summed E-state index contributed by atoms with van der Waals surface area (Å²) in [6.45, 7) is 7.24. The van der Waals surface area contributed by atoms with Gasteiger partial charge in [0.25, 0.3) is 0 Å². The van der Waals surface area contributed by atoms with Gasteiger partial charge in [-0.05, 0) is 37.1 Å². The van der Waals surface area contributed by atoms with Crippen molar-refractivity contribution >= 4 is 5.97 Å². The van der Waals surface area contributed by atoms with Crippen molar-refractivity contribution in [2.45, 2.75) is 13.8 Å². The Balaban J connectivity index is 2.19. The first kappa shape index (κ1) is 13.1. The van der Waals surface area contributed by atoms with E-state index in [-0.39, 0.29) is 0 Å². The average Bonchev–Trinajstić information content (AvgIpc) is 2.39. The highest BCUT2D eigenvalue weighted by Crippen LogP contribution is 2.23. The van der Waals surface area contributed by atoms with Gasteiger partial charge >= 0.3 is 5.97 Å². The predicted molar refractivity (Wildman–Crippen MR) is 77.1 cm³/mol. The fourth-order valence-corrected chi connectivity index (χ4v) is 1.73. The van der Waals surface area contributed by atoms with Gasteiger partial charge in [-0.1, -0.05) is 48.5 Å². The minimum atomic E-state index is -0.400. The van der Waals surface area contributed by atoms with Crippen LogP contribution in [0.4, 0.5) is 0 Å². The summed E-state index contributed by atoms with van der Waals surface area (Å²) in [5.41, 5.74) is 3.86. The molecule has 0 atom stereocenters. The van der Waals surface area contributed by atoms with Crippen LogP contribution >= 0.6 is 0 Å². The van der Waals surface area contributed by atoms with Crippen molar-refractivity contribution in [2.24, 2.45) is 0 Å². The van der Waals surface area contributed by atoms with Crippen molar-refractivity contribution in [3.05, 3.63) is 66.2 Å². The first-order chi connectivity index (χ1) is 9.06. The average molecular weight is 252 g/mol. The van der Waals surface area contributed by atoms with Crippen LogP contribution in [0.3, 0.4) is 0 Å². The van der Waals surface area contributed by atoms with Gasteiger partial charge in [0.1, 0.15) is 5.75 Å². The fourth-order valence-electron chi connectivity index (χ4n) is 1.73. The first-order valence-electron chi connectivity index (χ1n) is 6.11. The molecule has 0 aliphatic heterocycles. The zero-order valence-corrected chi connectivity index (χ0v) is 11.1. The zero-order chi connectivity index (χ0) is 13.8. The minimum Gasteiger partial charge on any atom is -0.423 e. The van der Waals surface area contributed by atoms with Crippen LogP contribution < -0.4 is 4.74 Å². The largest absolute Gasteiger partial charge is 0.423 e. The molecule has 2 heteroatoms. The van der Waals surface area contributed by atoms with Crippen molar-refractivity contribution in [1.29, 1.82) is 0 Å². The number of hydrogen-bond donors (Lipinski definition) is 0. The normalized spacial score (nSPS) is 10.0. The molecule has 0 amide bonds. The lowest BCUT2D eigenvalue weighted by molar-refractivity contribution is -0.130. The van der Waals surface area contributed by atoms with Crippen molar-refractivity contribution in [2.75, 3.05) is 0 Å². The zero-order valence-electron chi connectivity index (χ0n) is 11.1. The molecule has 0 aliphatic carbocycles. The molecule has 0 saturated heterocycles. The molecular weight excluding hydrogens is 236 g/mol. The summed E-state index contributed by atoms with van der Waals surface area (Å²) in [6.07, 6.45) is 0. The van der Waals surface area contributed by atoms with Gasteiger partial charge in [-0.2, -0.15) is 0 Å². The molecule has 0 N–H and O–H groups in total. The number of benzene rings is 2. The van der Waals surface area contributed by atoms with Gasteiger partial charge in [0.15, 0.2) is 0 Å². The maximum Gasteiger partial charge on any atom is 0.338 e. The van der Waals surface area contributed by atoms with Gasteiger partial charge in [-0.15, -0.1) is 0 Å². The van der Waals surface area contributed by atoms with Crippen molar-refractivity contribution in [3.63, 3.8) is 0 Å². The molecule has 0 fully saturated rings. The Bertz CT molecular complexity index is 609. The van der Waals surface area contributed by atoms with Crippen LogP contribution in [0.5, 0.6) is 5.75 Å². The molecule has 0 heterocycles. The molecule has 19 heavy (non-hydrogen) atoms. The molecule has 0 unspecified atom stereocenters. The lowest BCUT2D eigenvalue weighted by Crippen LogP contribution is -2.07. The summed E-state index contributed by atoms with van der Waals surface area (Å²) in [6, 6.07) is 15.7. The molecule has 96 valence electrons. The van der Waals surface area contributed by atoms with E-state index in [4.69, 9.17) is 4.74 Å². The smallest absolute Gasteiger partial charge is 0.338 e. The van der Waals surface area contributed by atoms with Gasteiger partial charge in [0.2, 0.25) is 0 Å². The van der Waals surface area contributed by atoms with Crippen LogP contribution in [0.2, 0.25) is 0 Å². The summed E-state index contributed by atoms with van der Waals surface area (Å²) >= 11 is 0. The lowest BCUT2D eigenvalue weighted by Gasteiger charge is -2.06. The van der Waals surface area contributed by atoms with Gasteiger partial charge < -0.3 is 4.74 Å². The predicted octanol–water partition coefficient (Wildman–Crippen LogP) is 4.14. The number of hydrogen-bond acceptors (Lipinski definition) is 2. The summed E-state index contributed by atoms with van der Waals surface area (Å²) in [5.74, 6) is 0.132. The molecule has 0 aromatic heterocycles. The Morgan fingerprint density at radius 2 is 1.74 bits per heavy atom. The van der Waals surface area contributed by atoms with Crippen LogP contribution in [-0.4, -0.2) is 5.97 Å². The van der Waals surface area contributed by atoms with Crippen LogP contribution in [0.1, 0.15) is 12.5 Å². The maximum atomic E-state index is 11.4. The summed E-state index contributed by atoms with van der Waals surface area (Å²) in [4.78, 5) is 11.4. The Morgan fingerprint density at radius 3 is 2.32 bits per heavy atom. The molecule has 2 nitrogen and oxygen atoms in total. The van der Waals surface area contributed by atoms with E-state index in [2.05, 4.69) is 31.7 Å². The molecule has 0 bridgehead atoms. The molecule has 2 aromatic rings. The van der Waals surface area contributed by atoms with E-state index in [0.29, 0.717) is 11.3 Å². The molecular formula is C17H16O2. The topological polar surface area (TPSA) is 26.3 Å². The van der Waals surface area contributed by atoms with E-state index in [1.807, 2.05) is 18.2 Å². The van der Waals surface area contributed by atoms with Gasteiger partial charge in [-0.3, -0.25) is 0 Å². The van der Waals surface area contributed by atoms with Crippen molar-refractivity contribution < 1.29 is 9.53 Å². The number of esters is 1. The van der Waals surface area contributed by atoms with Gasteiger partial charge in [0, 0.05) is 5.57 Å². The van der Waals surface area contributed by atoms with Gasteiger partial charge in [-0.25, -0.2) is 4.79 Å². The van der Waals surface area contributed by atoms with E-state index in [1.54, 1.807) is 19.1 Å². The number of aryl methyl sites for hydroxylation is 1. The summed E-state index contributed by atoms with van der Waals surface area (Å²) < 4.78 is 5.15. The Morgan fingerprint density at radius 1 is 1.05 bits per heavy atom. The number of rotatable bonds is 3. The van der Waals surface area contributed by atoms with Crippen LogP contribution in [0.15, 0.2) is 60.7 Å². The highest BCUT2D eigenvalue weighted by Gasteiger charge is 2.05. The molecule has 0 saturated carbocycles. The Labute approximate surface area is 113 Å². The first-order valence-corrected chi connectivity index (χ1v) is 6.11. The fraction of sp³-hybridized carbons (Fsp3) is 0.118. The van der Waals surface area contributed by atoms with Gasteiger partial charge in [0.05, 0.1) is 0 Å². The van der Waals surface area contributed by atoms with Crippen LogP contribution in [-0.2, 0) is 4.79 Å². The number of carbonyl (C=O) groups excluding carboxylic acids is 1. The van der Waals surface area contributed by atoms with E-state index >= 15 is 0 Å². The van der Waals surface area contributed by atoms with E-state index in [1.165, 1.54) is 5.56 Å². The second-order valence-corrected chi connectivity index (χ2v) is 4.56. The molecule has 0 aliphatic rings. The monoisotopic (exact) mass is 252 g/mol. The minimum absolute atomic E-state index is 0.391. The third-order valence-corrected chi connectivity index (χ3v) is 2.76. The van der Waals surface area contributed by atoms with Crippen molar-refractivity contribution in [3.8, 4) is 16.9 Å². The standard InChI is InChI=1S/C17H16O2/c1-12(2)17(18)19-16-9-7-14(8-10-16)15-6-4-5-13(3)11-15/h4-11H,1H2,2-3H3. The lowest BCUT2D eigenvalue weighted by atomic mass is 10.0. The Kier molecular flexibility index (Phi) is 3.81. The number of carbonyl (C=O) groups is 1. The maximum absolute atomic E-state index is 11.4. The summed E-state index contributed by atoms with van der Waals surface area (Å²) in [5, 5.41) is 0.